The molecule has 3 rings (SSSR count). The quantitative estimate of drug-likeness (QED) is 0.108. The molecule has 210 valence electrons. The van der Waals surface area contributed by atoms with Gasteiger partial charge in [-0.1, -0.05) is 47.9 Å². The van der Waals surface area contributed by atoms with Gasteiger partial charge in [0.2, 0.25) is 0 Å². The van der Waals surface area contributed by atoms with E-state index >= 15 is 0 Å². The van der Waals surface area contributed by atoms with Gasteiger partial charge in [-0.15, -0.1) is 0 Å². The number of methoxy groups -OCH3 is 3. The van der Waals surface area contributed by atoms with Crippen LogP contribution in [-0.4, -0.2) is 32.5 Å². The Hall–Kier alpha value is -2.18. The molecule has 0 aliphatic rings. The Bertz CT molecular complexity index is 1100. The number of rotatable bonds is 18. The molecule has 2 unspecified atom stereocenters. The molecular formula is C27H35N2O7P3. The minimum absolute atomic E-state index is 0.119. The predicted octanol–water partition coefficient (Wildman–Crippen LogP) is 8.09. The zero-order chi connectivity index (χ0) is 27.7. The van der Waals surface area contributed by atoms with Crippen LogP contribution in [0.2, 0.25) is 0 Å². The number of hydrogen-bond donors (Lipinski definition) is 0. The van der Waals surface area contributed by atoms with Crippen molar-refractivity contribution in [3.63, 3.8) is 0 Å². The first kappa shape index (κ1) is 31.3. The lowest BCUT2D eigenvalue weighted by molar-refractivity contribution is -0.0239. The fourth-order valence-corrected chi connectivity index (χ4v) is 6.21. The number of hydrogen-bond acceptors (Lipinski definition) is 9. The van der Waals surface area contributed by atoms with Crippen LogP contribution in [0.1, 0.15) is 30.0 Å². The van der Waals surface area contributed by atoms with Crippen molar-refractivity contribution in [1.29, 1.82) is 0 Å². The molecule has 0 amide bonds. The zero-order valence-electron chi connectivity index (χ0n) is 22.6. The number of benzene rings is 3. The first-order valence-electron chi connectivity index (χ1n) is 12.3. The standard InChI is InChI=1S/C27H35N2O7P3/c1-5-18-33-29(38-35-20-23-8-14-26(31-3)15-9-23)39(36-21-24-10-16-27(32-4)17-11-24)28-37-34-19-22-6-12-25(30-2)13-7-22/h6-17,38H,5,18-21H2,1-4H3. The van der Waals surface area contributed by atoms with E-state index in [1.165, 1.54) is 0 Å². The molecule has 0 saturated carbocycles. The van der Waals surface area contributed by atoms with Gasteiger partial charge in [-0.05, 0) is 59.5 Å². The molecule has 39 heavy (non-hydrogen) atoms. The Labute approximate surface area is 235 Å². The van der Waals surface area contributed by atoms with Gasteiger partial charge in [0.25, 0.3) is 8.45 Å². The highest BCUT2D eigenvalue weighted by molar-refractivity contribution is 7.59. The normalized spacial score (nSPS) is 12.4. The van der Waals surface area contributed by atoms with Crippen LogP contribution in [0, 0.1) is 0 Å². The second-order valence-electron chi connectivity index (χ2n) is 8.00. The fraction of sp³-hybridized carbons (Fsp3) is 0.333. The number of ether oxygens (including phenoxy) is 3. The van der Waals surface area contributed by atoms with Gasteiger partial charge in [-0.2, -0.15) is 4.52 Å². The molecule has 0 fully saturated rings. The topological polar surface area (TPSA) is 80.2 Å². The molecule has 3 aromatic carbocycles. The summed E-state index contributed by atoms with van der Waals surface area (Å²) in [5, 5.41) is 0. The maximum Gasteiger partial charge on any atom is 0.275 e. The molecule has 0 heterocycles. The van der Waals surface area contributed by atoms with Crippen molar-refractivity contribution >= 4 is 26.0 Å². The van der Waals surface area contributed by atoms with E-state index in [1.54, 1.807) is 25.9 Å². The maximum atomic E-state index is 6.24. The molecule has 9 nitrogen and oxygen atoms in total. The van der Waals surface area contributed by atoms with E-state index in [1.807, 2.05) is 79.7 Å². The van der Waals surface area contributed by atoms with Gasteiger partial charge in [0.1, 0.15) is 26.2 Å². The Morgan fingerprint density at radius 2 is 1.21 bits per heavy atom. The molecule has 3 aromatic rings. The van der Waals surface area contributed by atoms with Crippen LogP contribution in [0.3, 0.4) is 0 Å². The third kappa shape index (κ3) is 11.4. The highest BCUT2D eigenvalue weighted by Crippen LogP contribution is 2.53. The molecule has 0 bridgehead atoms. The Morgan fingerprint density at radius 1 is 0.718 bits per heavy atom. The van der Waals surface area contributed by atoms with Crippen LogP contribution in [0.15, 0.2) is 77.3 Å². The monoisotopic (exact) mass is 592 g/mol. The molecule has 0 aliphatic heterocycles. The molecule has 12 heteroatoms. The molecule has 0 spiro atoms. The van der Waals surface area contributed by atoms with Gasteiger partial charge in [-0.3, -0.25) is 4.84 Å². The average molecular weight is 593 g/mol. The van der Waals surface area contributed by atoms with Gasteiger partial charge in [0.05, 0.1) is 47.8 Å². The van der Waals surface area contributed by atoms with Crippen molar-refractivity contribution in [1.82, 2.24) is 4.60 Å². The average Bonchev–Trinajstić information content (AvgIpc) is 2.99. The highest BCUT2D eigenvalue weighted by atomic mass is 31.2. The van der Waals surface area contributed by atoms with Gasteiger partial charge in [0.15, 0.2) is 8.60 Å². The minimum Gasteiger partial charge on any atom is -0.497 e. The SMILES string of the molecule is CCCON(POCc1ccc(OC)cc1)P(N=POCc1ccc(OC)cc1)OCc1ccc(OC)cc1. The van der Waals surface area contributed by atoms with Crippen LogP contribution in [-0.2, 0) is 38.2 Å². The Kier molecular flexibility index (Phi) is 14.6. The summed E-state index contributed by atoms with van der Waals surface area (Å²) >= 11 is 0. The molecule has 0 N–H and O–H groups in total. The minimum atomic E-state index is -1.53. The van der Waals surface area contributed by atoms with Gasteiger partial charge < -0.3 is 27.8 Å². The second kappa shape index (κ2) is 18.2. The van der Waals surface area contributed by atoms with Crippen LogP contribution >= 0.6 is 26.0 Å². The van der Waals surface area contributed by atoms with Crippen molar-refractivity contribution in [2.75, 3.05) is 27.9 Å². The smallest absolute Gasteiger partial charge is 0.275 e. The summed E-state index contributed by atoms with van der Waals surface area (Å²) in [5.41, 5.74) is 3.04. The first-order chi connectivity index (χ1) is 19.1. The summed E-state index contributed by atoms with van der Waals surface area (Å²) in [6, 6.07) is 23.2. The summed E-state index contributed by atoms with van der Waals surface area (Å²) in [7, 11) is 3.71. The molecule has 0 saturated heterocycles. The van der Waals surface area contributed by atoms with Gasteiger partial charge in [-0.25, -0.2) is 0 Å². The summed E-state index contributed by atoms with van der Waals surface area (Å²) in [4.78, 5) is 6.01. The summed E-state index contributed by atoms with van der Waals surface area (Å²) in [5.74, 6) is 2.39. The third-order valence-corrected chi connectivity index (χ3v) is 8.43. The summed E-state index contributed by atoms with van der Waals surface area (Å²) in [6.45, 7) is 3.74. The maximum absolute atomic E-state index is 6.24. The second-order valence-corrected chi connectivity index (χ2v) is 11.5. The van der Waals surface area contributed by atoms with E-state index in [4.69, 9.17) is 32.6 Å². The van der Waals surface area contributed by atoms with Crippen LogP contribution in [0.4, 0.5) is 0 Å². The van der Waals surface area contributed by atoms with Crippen molar-refractivity contribution in [2.24, 2.45) is 4.52 Å². The van der Waals surface area contributed by atoms with Gasteiger partial charge in [0, 0.05) is 0 Å². The lowest BCUT2D eigenvalue weighted by Crippen LogP contribution is -2.11. The van der Waals surface area contributed by atoms with Gasteiger partial charge >= 0.3 is 0 Å². The van der Waals surface area contributed by atoms with Crippen molar-refractivity contribution in [3.8, 4) is 17.2 Å². The molecule has 0 aliphatic carbocycles. The number of nitrogens with zero attached hydrogens (tertiary/aromatic N) is 2. The zero-order valence-corrected chi connectivity index (χ0v) is 25.4. The van der Waals surface area contributed by atoms with Crippen LogP contribution in [0.5, 0.6) is 17.2 Å². The molecular weight excluding hydrogens is 557 g/mol. The molecule has 0 radical (unpaired) electrons. The van der Waals surface area contributed by atoms with Crippen molar-refractivity contribution < 1.29 is 32.6 Å². The van der Waals surface area contributed by atoms with Crippen molar-refractivity contribution in [3.05, 3.63) is 89.5 Å². The summed E-state index contributed by atoms with van der Waals surface area (Å²) < 4.78 is 40.1. The lowest BCUT2D eigenvalue weighted by Gasteiger charge is -2.25. The Balaban J connectivity index is 1.65. The molecule has 0 aromatic heterocycles. The van der Waals surface area contributed by atoms with E-state index in [2.05, 4.69) is 4.52 Å². The first-order valence-corrected chi connectivity index (χ1v) is 15.1. The fourth-order valence-electron chi connectivity index (χ4n) is 3.03. The van der Waals surface area contributed by atoms with E-state index in [9.17, 15) is 0 Å². The van der Waals surface area contributed by atoms with E-state index in [-0.39, 0.29) is 8.96 Å². The predicted molar refractivity (Wildman–Crippen MR) is 156 cm³/mol. The van der Waals surface area contributed by atoms with Crippen LogP contribution < -0.4 is 14.2 Å². The van der Waals surface area contributed by atoms with E-state index in [0.717, 1.165) is 40.4 Å². The van der Waals surface area contributed by atoms with E-state index in [0.29, 0.717) is 35.0 Å². The Morgan fingerprint density at radius 3 is 1.69 bits per heavy atom. The third-order valence-electron chi connectivity index (χ3n) is 5.18. The summed E-state index contributed by atoms with van der Waals surface area (Å²) in [6.07, 6.45) is 0.840. The van der Waals surface area contributed by atoms with E-state index < -0.39 is 8.45 Å². The van der Waals surface area contributed by atoms with Crippen molar-refractivity contribution in [2.45, 2.75) is 33.2 Å². The largest absolute Gasteiger partial charge is 0.497 e. The molecule has 2 atom stereocenters. The van der Waals surface area contributed by atoms with Crippen LogP contribution in [0.25, 0.3) is 0 Å². The lowest BCUT2D eigenvalue weighted by atomic mass is 10.2. The highest BCUT2D eigenvalue weighted by Gasteiger charge is 2.22.